The molecule has 0 aliphatic rings. The molecule has 0 bridgehead atoms. The first-order valence-electron chi connectivity index (χ1n) is 5.47. The normalized spacial score (nSPS) is 11.3. The summed E-state index contributed by atoms with van der Waals surface area (Å²) in [6.07, 6.45) is 1.58. The molecule has 0 fully saturated rings. The summed E-state index contributed by atoms with van der Waals surface area (Å²) in [5, 5.41) is 12.2. The molecule has 0 unspecified atom stereocenters. The maximum Gasteiger partial charge on any atom is 0.215 e. The lowest BCUT2D eigenvalue weighted by molar-refractivity contribution is 0.106. The predicted octanol–water partition coefficient (Wildman–Crippen LogP) is 2.45. The van der Waals surface area contributed by atoms with Gasteiger partial charge in [-0.25, -0.2) is 0 Å². The molecule has 0 amide bonds. The summed E-state index contributed by atoms with van der Waals surface area (Å²) in [5.41, 5.74) is 1.82. The van der Waals surface area contributed by atoms with Gasteiger partial charge in [-0.1, -0.05) is 35.5 Å². The van der Waals surface area contributed by atoms with Crippen LogP contribution in [-0.4, -0.2) is 21.7 Å². The van der Waals surface area contributed by atoms with Crippen molar-refractivity contribution in [2.45, 2.75) is 6.92 Å². The van der Waals surface area contributed by atoms with Crippen molar-refractivity contribution < 1.29 is 10.0 Å². The first-order valence-corrected chi connectivity index (χ1v) is 5.47. The molecule has 0 aliphatic carbocycles. The second-order valence-corrected chi connectivity index (χ2v) is 3.83. The first-order chi connectivity index (χ1) is 8.72. The number of hydrogen-bond donors (Lipinski definition) is 1. The highest BCUT2D eigenvalue weighted by Gasteiger charge is 2.16. The third-order valence-electron chi connectivity index (χ3n) is 2.52. The number of carbonyl (C=O) groups is 1. The molecule has 1 heterocycles. The van der Waals surface area contributed by atoms with Gasteiger partial charge in [0.15, 0.2) is 5.71 Å². The molecule has 0 spiro atoms. The van der Waals surface area contributed by atoms with Crippen molar-refractivity contribution in [2.24, 2.45) is 5.16 Å². The van der Waals surface area contributed by atoms with E-state index in [1.807, 2.05) is 13.0 Å². The summed E-state index contributed by atoms with van der Waals surface area (Å²) in [5.74, 6) is -0.316. The Hall–Kier alpha value is -2.49. The second-order valence-electron chi connectivity index (χ2n) is 3.83. The second kappa shape index (κ2) is 5.23. The van der Waals surface area contributed by atoms with Gasteiger partial charge in [-0.05, 0) is 19.1 Å². The predicted molar refractivity (Wildman–Crippen MR) is 68.1 cm³/mol. The number of benzene rings is 1. The zero-order chi connectivity index (χ0) is 13.0. The van der Waals surface area contributed by atoms with Crippen LogP contribution in [0.25, 0.3) is 0 Å². The fourth-order valence-corrected chi connectivity index (χ4v) is 1.65. The van der Waals surface area contributed by atoms with Crippen molar-refractivity contribution in [3.05, 3.63) is 65.5 Å². The fourth-order valence-electron chi connectivity index (χ4n) is 1.65. The van der Waals surface area contributed by atoms with Crippen LogP contribution in [0.4, 0.5) is 0 Å². The molecule has 4 nitrogen and oxygen atoms in total. The maximum atomic E-state index is 12.2. The van der Waals surface area contributed by atoms with Gasteiger partial charge in [0, 0.05) is 23.0 Å². The molecule has 0 aliphatic heterocycles. The summed E-state index contributed by atoms with van der Waals surface area (Å²) in [7, 11) is 0. The molecule has 2 rings (SSSR count). The molecule has 0 atom stereocenters. The van der Waals surface area contributed by atoms with Crippen molar-refractivity contribution in [3.63, 3.8) is 0 Å². The van der Waals surface area contributed by atoms with E-state index in [1.165, 1.54) is 0 Å². The average molecular weight is 240 g/mol. The molecule has 0 saturated carbocycles. The van der Waals surface area contributed by atoms with E-state index in [4.69, 9.17) is 5.21 Å². The largest absolute Gasteiger partial charge is 0.410 e. The minimum absolute atomic E-state index is 0.0201. The van der Waals surface area contributed by atoms with Gasteiger partial charge in [0.2, 0.25) is 5.78 Å². The van der Waals surface area contributed by atoms with E-state index in [0.717, 1.165) is 5.69 Å². The minimum Gasteiger partial charge on any atom is -0.410 e. The van der Waals surface area contributed by atoms with E-state index in [0.29, 0.717) is 11.1 Å². The highest BCUT2D eigenvalue weighted by Crippen LogP contribution is 2.09. The number of ketones is 1. The Morgan fingerprint density at radius 3 is 2.50 bits per heavy atom. The van der Waals surface area contributed by atoms with Crippen LogP contribution in [0.15, 0.2) is 53.8 Å². The van der Waals surface area contributed by atoms with Crippen LogP contribution in [0.2, 0.25) is 0 Å². The van der Waals surface area contributed by atoms with E-state index >= 15 is 0 Å². The van der Waals surface area contributed by atoms with Gasteiger partial charge in [-0.2, -0.15) is 0 Å². The van der Waals surface area contributed by atoms with Gasteiger partial charge in [-0.3, -0.25) is 9.78 Å². The van der Waals surface area contributed by atoms with Gasteiger partial charge >= 0.3 is 0 Å². The van der Waals surface area contributed by atoms with Crippen LogP contribution in [0, 0.1) is 6.92 Å². The van der Waals surface area contributed by atoms with Crippen molar-refractivity contribution >= 4 is 11.5 Å². The number of pyridine rings is 1. The lowest BCUT2D eigenvalue weighted by Crippen LogP contribution is -2.16. The van der Waals surface area contributed by atoms with Gasteiger partial charge < -0.3 is 5.21 Å². The zero-order valence-electron chi connectivity index (χ0n) is 9.87. The Morgan fingerprint density at radius 1 is 1.17 bits per heavy atom. The lowest BCUT2D eigenvalue weighted by Gasteiger charge is -2.04. The van der Waals surface area contributed by atoms with Crippen molar-refractivity contribution in [1.82, 2.24) is 4.98 Å². The number of carbonyl (C=O) groups excluding carboxylic acids is 1. The molecule has 4 heteroatoms. The molecule has 18 heavy (non-hydrogen) atoms. The zero-order valence-corrected chi connectivity index (χ0v) is 9.87. The Bertz CT molecular complexity index is 592. The van der Waals surface area contributed by atoms with E-state index in [9.17, 15) is 4.79 Å². The molecule has 90 valence electrons. The van der Waals surface area contributed by atoms with E-state index in [-0.39, 0.29) is 11.5 Å². The van der Waals surface area contributed by atoms with Gasteiger partial charge in [0.25, 0.3) is 0 Å². The van der Waals surface area contributed by atoms with E-state index in [1.54, 1.807) is 42.6 Å². The van der Waals surface area contributed by atoms with Crippen LogP contribution < -0.4 is 0 Å². The van der Waals surface area contributed by atoms with Crippen molar-refractivity contribution in [1.29, 1.82) is 0 Å². The third-order valence-corrected chi connectivity index (χ3v) is 2.52. The van der Waals surface area contributed by atoms with Crippen LogP contribution in [0.1, 0.15) is 21.6 Å². The quantitative estimate of drug-likeness (QED) is 0.388. The smallest absolute Gasteiger partial charge is 0.215 e. The highest BCUT2D eigenvalue weighted by molar-refractivity contribution is 6.51. The Balaban J connectivity index is 2.39. The summed E-state index contributed by atoms with van der Waals surface area (Å²) in [4.78, 5) is 16.2. The van der Waals surface area contributed by atoms with Crippen molar-refractivity contribution in [2.75, 3.05) is 0 Å². The van der Waals surface area contributed by atoms with E-state index < -0.39 is 0 Å². The molecule has 2 aromatic rings. The Labute approximate surface area is 105 Å². The lowest BCUT2D eigenvalue weighted by atomic mass is 10.0. The third kappa shape index (κ3) is 2.43. The minimum atomic E-state index is -0.316. The number of oxime groups is 1. The van der Waals surface area contributed by atoms with Crippen LogP contribution in [0.5, 0.6) is 0 Å². The van der Waals surface area contributed by atoms with Crippen molar-refractivity contribution in [3.8, 4) is 0 Å². The van der Waals surface area contributed by atoms with Gasteiger partial charge in [0.1, 0.15) is 0 Å². The molecular weight excluding hydrogens is 228 g/mol. The maximum absolute atomic E-state index is 12.2. The monoisotopic (exact) mass is 240 g/mol. The van der Waals surface area contributed by atoms with E-state index in [2.05, 4.69) is 10.1 Å². The SMILES string of the molecule is Cc1cc(/C(=N/O)C(=O)c2ccccc2)ccn1. The first kappa shape index (κ1) is 12.0. The van der Waals surface area contributed by atoms with Gasteiger partial charge in [-0.15, -0.1) is 0 Å². The van der Waals surface area contributed by atoms with Gasteiger partial charge in [0.05, 0.1) is 0 Å². The number of aromatic nitrogens is 1. The topological polar surface area (TPSA) is 62.6 Å². The highest BCUT2D eigenvalue weighted by atomic mass is 16.4. The molecule has 1 aromatic heterocycles. The van der Waals surface area contributed by atoms with Crippen LogP contribution >= 0.6 is 0 Å². The molecule has 1 N–H and O–H groups in total. The Morgan fingerprint density at radius 2 is 1.89 bits per heavy atom. The molecule has 0 radical (unpaired) electrons. The number of aryl methyl sites for hydroxylation is 1. The number of rotatable bonds is 3. The fraction of sp³-hybridized carbons (Fsp3) is 0.0714. The van der Waals surface area contributed by atoms with Crippen LogP contribution in [0.3, 0.4) is 0 Å². The molecule has 0 saturated heterocycles. The summed E-state index contributed by atoms with van der Waals surface area (Å²) >= 11 is 0. The molecule has 1 aromatic carbocycles. The number of Topliss-reactive ketones (excluding diaryl/α,β-unsaturated/α-hetero) is 1. The summed E-state index contributed by atoms with van der Waals surface area (Å²) in [6.45, 7) is 1.81. The Kier molecular flexibility index (Phi) is 3.48. The summed E-state index contributed by atoms with van der Waals surface area (Å²) in [6, 6.07) is 12.1. The molecular formula is C14H12N2O2. The average Bonchev–Trinajstić information content (AvgIpc) is 2.40. The number of hydrogen-bond acceptors (Lipinski definition) is 4. The van der Waals surface area contributed by atoms with Crippen LogP contribution in [-0.2, 0) is 0 Å². The number of nitrogens with zero attached hydrogens (tertiary/aromatic N) is 2. The summed E-state index contributed by atoms with van der Waals surface area (Å²) < 4.78 is 0. The standard InChI is InChI=1S/C14H12N2O2/c1-10-9-12(7-8-15-10)13(16-18)14(17)11-5-3-2-4-6-11/h2-9,18H,1H3/b16-13-.